The van der Waals surface area contributed by atoms with Crippen LogP contribution in [0.25, 0.3) is 22.3 Å². The molecule has 21 heavy (non-hydrogen) atoms. The molecule has 0 unspecified atom stereocenters. The van der Waals surface area contributed by atoms with E-state index in [2.05, 4.69) is 9.97 Å². The van der Waals surface area contributed by atoms with Gasteiger partial charge in [0.15, 0.2) is 5.78 Å². The maximum atomic E-state index is 12.4. The molecule has 2 aromatic carbocycles. The minimum absolute atomic E-state index is 0.0179. The topological polar surface area (TPSA) is 59.9 Å². The van der Waals surface area contributed by atoms with Crippen molar-refractivity contribution in [1.29, 1.82) is 0 Å². The van der Waals surface area contributed by atoms with Crippen molar-refractivity contribution in [3.8, 4) is 11.3 Å². The van der Waals surface area contributed by atoms with Crippen molar-refractivity contribution in [3.63, 3.8) is 0 Å². The molecule has 1 aliphatic carbocycles. The van der Waals surface area contributed by atoms with Crippen molar-refractivity contribution >= 4 is 22.6 Å². The third-order valence-electron chi connectivity index (χ3n) is 3.71. The van der Waals surface area contributed by atoms with Gasteiger partial charge in [0.2, 0.25) is 5.78 Å². The number of carbonyl (C=O) groups is 2. The van der Waals surface area contributed by atoms with Crippen LogP contribution in [-0.2, 0) is 0 Å². The fraction of sp³-hybridized carbons (Fsp3) is 0.0588. The molecule has 0 aliphatic heterocycles. The molecule has 1 aliphatic rings. The first-order chi connectivity index (χ1) is 10.1. The number of benzene rings is 2. The van der Waals surface area contributed by atoms with Crippen LogP contribution >= 0.6 is 0 Å². The molecular formula is C17H10N2O2. The first kappa shape index (κ1) is 11.9. The van der Waals surface area contributed by atoms with E-state index in [-0.39, 0.29) is 11.6 Å². The van der Waals surface area contributed by atoms with Crippen molar-refractivity contribution in [2.75, 3.05) is 0 Å². The highest BCUT2D eigenvalue weighted by Gasteiger charge is 2.29. The summed E-state index contributed by atoms with van der Waals surface area (Å²) in [6.07, 6.45) is 0. The Balaban J connectivity index is 2.04. The van der Waals surface area contributed by atoms with Gasteiger partial charge in [-0.25, -0.2) is 9.97 Å². The molecule has 100 valence electrons. The zero-order chi connectivity index (χ0) is 14.6. The number of rotatable bonds is 1. The summed E-state index contributed by atoms with van der Waals surface area (Å²) < 4.78 is 0. The lowest BCUT2D eigenvalue weighted by Gasteiger charge is -2.03. The van der Waals surface area contributed by atoms with Crippen LogP contribution in [0.15, 0.2) is 42.5 Å². The van der Waals surface area contributed by atoms with Crippen molar-refractivity contribution in [1.82, 2.24) is 9.97 Å². The molecule has 0 radical (unpaired) electrons. The Morgan fingerprint density at radius 1 is 0.905 bits per heavy atom. The average Bonchev–Trinajstić information content (AvgIpc) is 2.78. The third-order valence-corrected chi connectivity index (χ3v) is 3.71. The minimum atomic E-state index is -0.0920. The Bertz CT molecular complexity index is 945. The predicted molar refractivity (Wildman–Crippen MR) is 78.4 cm³/mol. The van der Waals surface area contributed by atoms with Gasteiger partial charge in [-0.2, -0.15) is 0 Å². The lowest BCUT2D eigenvalue weighted by atomic mass is 10.1. The zero-order valence-electron chi connectivity index (χ0n) is 11.3. The molecule has 0 spiro atoms. The second-order valence-corrected chi connectivity index (χ2v) is 5.06. The fourth-order valence-corrected chi connectivity index (χ4v) is 2.63. The van der Waals surface area contributed by atoms with E-state index in [4.69, 9.17) is 0 Å². The van der Waals surface area contributed by atoms with Crippen molar-refractivity contribution in [2.24, 2.45) is 0 Å². The Labute approximate surface area is 120 Å². The van der Waals surface area contributed by atoms with E-state index < -0.39 is 0 Å². The number of hydrogen-bond donors (Lipinski definition) is 0. The molecule has 4 nitrogen and oxygen atoms in total. The number of fused-ring (bicyclic) bond motifs is 4. The second-order valence-electron chi connectivity index (χ2n) is 5.06. The minimum Gasteiger partial charge on any atom is -0.295 e. The molecule has 0 bridgehead atoms. The van der Waals surface area contributed by atoms with Crippen LogP contribution in [0.4, 0.5) is 0 Å². The van der Waals surface area contributed by atoms with Crippen LogP contribution in [0.3, 0.4) is 0 Å². The van der Waals surface area contributed by atoms with Gasteiger partial charge in [-0.3, -0.25) is 9.59 Å². The number of hydrogen-bond acceptors (Lipinski definition) is 4. The molecule has 0 saturated carbocycles. The molecule has 0 amide bonds. The Kier molecular flexibility index (Phi) is 2.30. The molecule has 1 heterocycles. The third kappa shape index (κ3) is 1.62. The average molecular weight is 274 g/mol. The second kappa shape index (κ2) is 4.06. The zero-order valence-corrected chi connectivity index (χ0v) is 11.3. The summed E-state index contributed by atoms with van der Waals surface area (Å²) in [5.41, 5.74) is 4.28. The van der Waals surface area contributed by atoms with Gasteiger partial charge in [-0.15, -0.1) is 0 Å². The predicted octanol–water partition coefficient (Wildman–Crippen LogP) is 3.04. The Hall–Kier alpha value is -2.88. The summed E-state index contributed by atoms with van der Waals surface area (Å²) >= 11 is 0. The summed E-state index contributed by atoms with van der Waals surface area (Å²) in [5.74, 6) is -0.110. The maximum Gasteiger partial charge on any atom is 0.214 e. The van der Waals surface area contributed by atoms with E-state index in [1.165, 1.54) is 6.92 Å². The molecule has 1 aromatic heterocycles. The largest absolute Gasteiger partial charge is 0.295 e. The highest BCUT2D eigenvalue weighted by molar-refractivity contribution is 6.20. The number of nitrogens with zero attached hydrogens (tertiary/aromatic N) is 2. The van der Waals surface area contributed by atoms with E-state index in [9.17, 15) is 9.59 Å². The van der Waals surface area contributed by atoms with Crippen molar-refractivity contribution in [3.05, 3.63) is 59.3 Å². The van der Waals surface area contributed by atoms with Crippen LogP contribution in [0.5, 0.6) is 0 Å². The lowest BCUT2D eigenvalue weighted by molar-refractivity contribution is 0.101. The number of aromatic nitrogens is 2. The van der Waals surface area contributed by atoms with E-state index in [1.807, 2.05) is 18.2 Å². The molecular weight excluding hydrogens is 264 g/mol. The van der Waals surface area contributed by atoms with E-state index in [1.54, 1.807) is 24.3 Å². The lowest BCUT2D eigenvalue weighted by Crippen LogP contribution is -2.01. The van der Waals surface area contributed by atoms with Gasteiger partial charge in [0, 0.05) is 16.7 Å². The highest BCUT2D eigenvalue weighted by atomic mass is 16.1. The van der Waals surface area contributed by atoms with Gasteiger partial charge in [0.1, 0.15) is 11.4 Å². The normalized spacial score (nSPS) is 12.3. The molecule has 0 atom stereocenters. The van der Waals surface area contributed by atoms with Gasteiger partial charge in [-0.1, -0.05) is 24.3 Å². The van der Waals surface area contributed by atoms with E-state index in [0.717, 1.165) is 5.56 Å². The summed E-state index contributed by atoms with van der Waals surface area (Å²) in [5, 5.41) is 0. The number of Topliss-reactive ketones (excluding diaryl/α,β-unsaturated/α-hetero) is 1. The summed E-state index contributed by atoms with van der Waals surface area (Å²) in [6, 6.07) is 12.5. The van der Waals surface area contributed by atoms with Crippen LogP contribution in [0.1, 0.15) is 33.3 Å². The van der Waals surface area contributed by atoms with Gasteiger partial charge in [0.25, 0.3) is 0 Å². The van der Waals surface area contributed by atoms with Crippen molar-refractivity contribution < 1.29 is 9.59 Å². The SMILES string of the molecule is CC(=O)c1ccc2nc3c(nc2c1)-c1ccccc1C3=O. The molecule has 4 rings (SSSR count). The summed E-state index contributed by atoms with van der Waals surface area (Å²) in [4.78, 5) is 32.8. The Morgan fingerprint density at radius 2 is 1.62 bits per heavy atom. The van der Waals surface area contributed by atoms with Crippen LogP contribution in [0.2, 0.25) is 0 Å². The van der Waals surface area contributed by atoms with Crippen LogP contribution < -0.4 is 0 Å². The quantitative estimate of drug-likeness (QED) is 0.500. The van der Waals surface area contributed by atoms with Gasteiger partial charge < -0.3 is 0 Å². The first-order valence-electron chi connectivity index (χ1n) is 6.62. The van der Waals surface area contributed by atoms with E-state index >= 15 is 0 Å². The van der Waals surface area contributed by atoms with Crippen molar-refractivity contribution in [2.45, 2.75) is 6.92 Å². The summed E-state index contributed by atoms with van der Waals surface area (Å²) in [6.45, 7) is 1.51. The molecule has 0 saturated heterocycles. The molecule has 0 fully saturated rings. The van der Waals surface area contributed by atoms with Gasteiger partial charge >= 0.3 is 0 Å². The van der Waals surface area contributed by atoms with Crippen LogP contribution in [-0.4, -0.2) is 21.5 Å². The monoisotopic (exact) mass is 274 g/mol. The maximum absolute atomic E-state index is 12.4. The standard InChI is InChI=1S/C17H10N2O2/c1-9(20)10-6-7-13-14(8-10)19-15-11-4-2-3-5-12(11)17(21)16(15)18-13/h2-8H,1H3. The Morgan fingerprint density at radius 3 is 2.38 bits per heavy atom. The van der Waals surface area contributed by atoms with E-state index in [0.29, 0.717) is 33.5 Å². The number of carbonyl (C=O) groups excluding carboxylic acids is 2. The highest BCUT2D eigenvalue weighted by Crippen LogP contribution is 2.34. The van der Waals surface area contributed by atoms with Crippen LogP contribution in [0, 0.1) is 0 Å². The van der Waals surface area contributed by atoms with Gasteiger partial charge in [-0.05, 0) is 25.1 Å². The summed E-state index contributed by atoms with van der Waals surface area (Å²) in [7, 11) is 0. The fourth-order valence-electron chi connectivity index (χ4n) is 2.63. The molecule has 4 heteroatoms. The molecule has 3 aromatic rings. The van der Waals surface area contributed by atoms with Gasteiger partial charge in [0.05, 0.1) is 11.0 Å². The number of ketones is 2. The smallest absolute Gasteiger partial charge is 0.214 e. The first-order valence-corrected chi connectivity index (χ1v) is 6.62. The molecule has 0 N–H and O–H groups in total.